The van der Waals surface area contributed by atoms with Crippen LogP contribution >= 0.6 is 0 Å². The Labute approximate surface area is 175 Å². The number of unbranched alkanes of at least 4 members (excludes halogenated alkanes) is 3. The number of piperazine rings is 1. The highest BCUT2D eigenvalue weighted by molar-refractivity contribution is 6.01. The number of urea groups is 1. The van der Waals surface area contributed by atoms with Crippen molar-refractivity contribution in [3.8, 4) is 0 Å². The lowest BCUT2D eigenvalue weighted by molar-refractivity contribution is 0.143. The molecule has 4 heteroatoms. The minimum atomic E-state index is 0.123. The molecule has 0 N–H and O–H groups in total. The topological polar surface area (TPSA) is 26.8 Å². The van der Waals surface area contributed by atoms with Gasteiger partial charge in [0.25, 0.3) is 0 Å². The number of rotatable bonds is 5. The first-order valence-electron chi connectivity index (χ1n) is 11.2. The number of para-hydroxylation sites is 2. The van der Waals surface area contributed by atoms with E-state index in [1.807, 2.05) is 21.9 Å². The molecule has 2 aliphatic rings. The molecular weight excluding hydrogens is 358 g/mol. The third-order valence-corrected chi connectivity index (χ3v) is 6.29. The van der Waals surface area contributed by atoms with Crippen molar-refractivity contribution in [2.24, 2.45) is 0 Å². The molecule has 0 bridgehead atoms. The van der Waals surface area contributed by atoms with Gasteiger partial charge in [-0.3, -0.25) is 9.80 Å². The normalized spacial score (nSPS) is 16.9. The van der Waals surface area contributed by atoms with Crippen LogP contribution in [0.3, 0.4) is 0 Å². The SMILES string of the molecule is CCCCCCN1CCN(C(=O)N2c3ccccc3CCc3ccccc32)CC1. The maximum atomic E-state index is 13.7. The van der Waals surface area contributed by atoms with Crippen molar-refractivity contribution in [2.45, 2.75) is 45.4 Å². The average Bonchev–Trinajstić information content (AvgIpc) is 2.94. The minimum absolute atomic E-state index is 0.123. The van der Waals surface area contributed by atoms with Gasteiger partial charge < -0.3 is 4.90 Å². The Balaban J connectivity index is 1.49. The van der Waals surface area contributed by atoms with Crippen LogP contribution in [-0.4, -0.2) is 48.6 Å². The second-order valence-electron chi connectivity index (χ2n) is 8.26. The zero-order valence-corrected chi connectivity index (χ0v) is 17.6. The fourth-order valence-corrected chi connectivity index (χ4v) is 4.55. The molecule has 4 nitrogen and oxygen atoms in total. The minimum Gasteiger partial charge on any atom is -0.321 e. The van der Waals surface area contributed by atoms with Crippen molar-refractivity contribution in [3.05, 3.63) is 59.7 Å². The van der Waals surface area contributed by atoms with Gasteiger partial charge in [-0.05, 0) is 49.1 Å². The predicted octanol–water partition coefficient (Wildman–Crippen LogP) is 5.24. The summed E-state index contributed by atoms with van der Waals surface area (Å²) < 4.78 is 0. The molecule has 29 heavy (non-hydrogen) atoms. The van der Waals surface area contributed by atoms with Crippen LogP contribution in [0, 0.1) is 0 Å². The van der Waals surface area contributed by atoms with Gasteiger partial charge in [-0.25, -0.2) is 4.79 Å². The van der Waals surface area contributed by atoms with E-state index in [0.29, 0.717) is 0 Å². The first-order chi connectivity index (χ1) is 14.3. The van der Waals surface area contributed by atoms with Crippen molar-refractivity contribution in [2.75, 3.05) is 37.6 Å². The quantitative estimate of drug-likeness (QED) is 0.652. The zero-order chi connectivity index (χ0) is 20.1. The third kappa shape index (κ3) is 4.48. The highest BCUT2D eigenvalue weighted by atomic mass is 16.2. The van der Waals surface area contributed by atoms with Gasteiger partial charge in [-0.15, -0.1) is 0 Å². The first-order valence-corrected chi connectivity index (χ1v) is 11.2. The molecule has 0 unspecified atom stereocenters. The maximum Gasteiger partial charge on any atom is 0.329 e. The van der Waals surface area contributed by atoms with Gasteiger partial charge in [0.2, 0.25) is 0 Å². The summed E-state index contributed by atoms with van der Waals surface area (Å²) in [5.74, 6) is 0. The Hall–Kier alpha value is -2.33. The number of carbonyl (C=O) groups is 1. The van der Waals surface area contributed by atoms with E-state index >= 15 is 0 Å². The average molecular weight is 392 g/mol. The number of nitrogens with zero attached hydrogens (tertiary/aromatic N) is 3. The summed E-state index contributed by atoms with van der Waals surface area (Å²) in [5.41, 5.74) is 4.60. The van der Waals surface area contributed by atoms with E-state index in [0.717, 1.165) is 56.9 Å². The summed E-state index contributed by atoms with van der Waals surface area (Å²) in [6.07, 6.45) is 7.14. The summed E-state index contributed by atoms with van der Waals surface area (Å²) in [5, 5.41) is 0. The molecule has 2 heterocycles. The monoisotopic (exact) mass is 391 g/mol. The van der Waals surface area contributed by atoms with Crippen LogP contribution in [-0.2, 0) is 12.8 Å². The molecule has 0 aromatic heterocycles. The fraction of sp³-hybridized carbons (Fsp3) is 0.480. The molecule has 0 spiro atoms. The Morgan fingerprint density at radius 2 is 1.38 bits per heavy atom. The fourth-order valence-electron chi connectivity index (χ4n) is 4.55. The van der Waals surface area contributed by atoms with Gasteiger partial charge in [0.1, 0.15) is 0 Å². The summed E-state index contributed by atoms with van der Waals surface area (Å²) >= 11 is 0. The van der Waals surface area contributed by atoms with Crippen molar-refractivity contribution < 1.29 is 4.79 Å². The summed E-state index contributed by atoms with van der Waals surface area (Å²) in [6.45, 7) is 7.01. The zero-order valence-electron chi connectivity index (χ0n) is 17.6. The largest absolute Gasteiger partial charge is 0.329 e. The van der Waals surface area contributed by atoms with Gasteiger partial charge in [0.15, 0.2) is 0 Å². The van der Waals surface area contributed by atoms with E-state index in [1.165, 1.54) is 36.8 Å². The molecule has 2 aromatic rings. The Kier molecular flexibility index (Phi) is 6.50. The number of hydrogen-bond donors (Lipinski definition) is 0. The van der Waals surface area contributed by atoms with E-state index in [9.17, 15) is 4.79 Å². The van der Waals surface area contributed by atoms with Crippen LogP contribution in [0.1, 0.15) is 43.7 Å². The number of fused-ring (bicyclic) bond motifs is 2. The Bertz CT molecular complexity index is 779. The van der Waals surface area contributed by atoms with Gasteiger partial charge in [0, 0.05) is 26.2 Å². The lowest BCUT2D eigenvalue weighted by Crippen LogP contribution is -2.52. The molecule has 2 aliphatic heterocycles. The van der Waals surface area contributed by atoms with Crippen LogP contribution < -0.4 is 4.90 Å². The lowest BCUT2D eigenvalue weighted by Gasteiger charge is -2.38. The van der Waals surface area contributed by atoms with Gasteiger partial charge in [0.05, 0.1) is 11.4 Å². The molecule has 2 aromatic carbocycles. The number of amides is 2. The van der Waals surface area contributed by atoms with Crippen molar-refractivity contribution in [3.63, 3.8) is 0 Å². The third-order valence-electron chi connectivity index (χ3n) is 6.29. The molecule has 0 aliphatic carbocycles. The number of benzene rings is 2. The summed E-state index contributed by atoms with van der Waals surface area (Å²) in [4.78, 5) is 20.2. The van der Waals surface area contributed by atoms with E-state index in [1.54, 1.807) is 0 Å². The number of aryl methyl sites for hydroxylation is 2. The predicted molar refractivity (Wildman–Crippen MR) is 120 cm³/mol. The molecule has 4 rings (SSSR count). The second kappa shape index (κ2) is 9.45. The van der Waals surface area contributed by atoms with E-state index in [4.69, 9.17) is 0 Å². The summed E-state index contributed by atoms with van der Waals surface area (Å²) in [7, 11) is 0. The molecule has 2 amide bonds. The molecule has 0 saturated carbocycles. The Morgan fingerprint density at radius 3 is 1.97 bits per heavy atom. The number of hydrogen-bond acceptors (Lipinski definition) is 2. The highest BCUT2D eigenvalue weighted by Gasteiger charge is 2.30. The molecule has 1 saturated heterocycles. The van der Waals surface area contributed by atoms with E-state index in [-0.39, 0.29) is 6.03 Å². The van der Waals surface area contributed by atoms with Crippen molar-refractivity contribution in [1.82, 2.24) is 9.80 Å². The lowest BCUT2D eigenvalue weighted by atomic mass is 10.0. The number of carbonyl (C=O) groups excluding carboxylic acids is 1. The van der Waals surface area contributed by atoms with Gasteiger partial charge in [-0.1, -0.05) is 62.6 Å². The van der Waals surface area contributed by atoms with Crippen LogP contribution in [0.2, 0.25) is 0 Å². The number of anilines is 2. The Morgan fingerprint density at radius 1 is 0.793 bits per heavy atom. The second-order valence-corrected chi connectivity index (χ2v) is 8.26. The van der Waals surface area contributed by atoms with Crippen molar-refractivity contribution in [1.29, 1.82) is 0 Å². The molecule has 0 atom stereocenters. The molecule has 1 fully saturated rings. The highest BCUT2D eigenvalue weighted by Crippen LogP contribution is 2.36. The standard InChI is InChI=1S/C25H33N3O/c1-2-3-4-9-16-26-17-19-27(20-18-26)25(29)28-23-12-7-5-10-21(23)14-15-22-11-6-8-13-24(22)28/h5-8,10-13H,2-4,9,14-20H2,1H3. The summed E-state index contributed by atoms with van der Waals surface area (Å²) in [6, 6.07) is 16.9. The first kappa shape index (κ1) is 20.0. The van der Waals surface area contributed by atoms with Gasteiger partial charge in [-0.2, -0.15) is 0 Å². The van der Waals surface area contributed by atoms with Gasteiger partial charge >= 0.3 is 6.03 Å². The van der Waals surface area contributed by atoms with E-state index < -0.39 is 0 Å². The maximum absolute atomic E-state index is 13.7. The van der Waals surface area contributed by atoms with Crippen LogP contribution in [0.4, 0.5) is 16.2 Å². The van der Waals surface area contributed by atoms with Crippen molar-refractivity contribution >= 4 is 17.4 Å². The smallest absolute Gasteiger partial charge is 0.321 e. The molecular formula is C25H33N3O. The molecule has 154 valence electrons. The van der Waals surface area contributed by atoms with Crippen LogP contribution in [0.25, 0.3) is 0 Å². The van der Waals surface area contributed by atoms with E-state index in [2.05, 4.69) is 48.2 Å². The van der Waals surface area contributed by atoms with Crippen LogP contribution in [0.5, 0.6) is 0 Å². The van der Waals surface area contributed by atoms with Crippen LogP contribution in [0.15, 0.2) is 48.5 Å². The molecule has 0 radical (unpaired) electrons.